The molecule has 0 aliphatic rings. The van der Waals surface area contributed by atoms with E-state index in [-0.39, 0.29) is 11.5 Å². The molecule has 2 aromatic carbocycles. The number of anilines is 3. The maximum atomic E-state index is 13.8. The number of urea groups is 1. The molecule has 0 fully saturated rings. The molecule has 0 atom stereocenters. The summed E-state index contributed by atoms with van der Waals surface area (Å²) in [5.74, 6) is -0.255. The number of benzene rings is 2. The van der Waals surface area contributed by atoms with Crippen molar-refractivity contribution in [2.75, 3.05) is 16.4 Å². The summed E-state index contributed by atoms with van der Waals surface area (Å²) < 4.78 is 15.3. The Morgan fingerprint density at radius 3 is 2.70 bits per heavy atom. The Balaban J connectivity index is 1.58. The summed E-state index contributed by atoms with van der Waals surface area (Å²) in [7, 11) is 0. The molecule has 0 spiro atoms. The number of aryl methyl sites for hydroxylation is 1. The number of nitrogens with one attached hydrogen (secondary N) is 2. The first-order chi connectivity index (χ1) is 14.5. The fraction of sp³-hybridized carbons (Fsp3) is 0.0476. The SMILES string of the molecule is [C-]#[N+]c1cn2ncnc(N)c2c1-c1ccc(NC(=O)Nc2cc(C)ccc2F)cc1. The second kappa shape index (κ2) is 7.52. The van der Waals surface area contributed by atoms with Gasteiger partial charge in [-0.25, -0.2) is 23.5 Å². The van der Waals surface area contributed by atoms with Crippen molar-refractivity contribution in [3.63, 3.8) is 0 Å². The molecule has 0 aliphatic carbocycles. The zero-order valence-corrected chi connectivity index (χ0v) is 15.8. The Labute approximate surface area is 171 Å². The van der Waals surface area contributed by atoms with Crippen LogP contribution in [0.2, 0.25) is 0 Å². The highest BCUT2D eigenvalue weighted by molar-refractivity contribution is 6.01. The summed E-state index contributed by atoms with van der Waals surface area (Å²) in [6.45, 7) is 9.24. The normalized spacial score (nSPS) is 10.6. The van der Waals surface area contributed by atoms with Crippen LogP contribution in [0.15, 0.2) is 55.0 Å². The van der Waals surface area contributed by atoms with E-state index in [9.17, 15) is 9.18 Å². The number of carbonyl (C=O) groups excluding carboxylic acids is 1. The van der Waals surface area contributed by atoms with Gasteiger partial charge in [0.2, 0.25) is 5.69 Å². The third-order valence-corrected chi connectivity index (χ3v) is 4.50. The van der Waals surface area contributed by atoms with Crippen molar-refractivity contribution in [3.05, 3.63) is 77.8 Å². The van der Waals surface area contributed by atoms with Gasteiger partial charge in [-0.3, -0.25) is 0 Å². The summed E-state index contributed by atoms with van der Waals surface area (Å²) in [5, 5.41) is 9.24. The molecular weight excluding hydrogens is 385 g/mol. The molecule has 2 amide bonds. The lowest BCUT2D eigenvalue weighted by Gasteiger charge is -2.10. The lowest BCUT2D eigenvalue weighted by atomic mass is 10.1. The van der Waals surface area contributed by atoms with Gasteiger partial charge in [0.25, 0.3) is 0 Å². The predicted molar refractivity (Wildman–Crippen MR) is 113 cm³/mol. The van der Waals surface area contributed by atoms with Gasteiger partial charge in [-0.05, 0) is 42.3 Å². The number of hydrogen-bond donors (Lipinski definition) is 3. The molecule has 4 N–H and O–H groups in total. The smallest absolute Gasteiger partial charge is 0.323 e. The maximum Gasteiger partial charge on any atom is 0.323 e. The minimum Gasteiger partial charge on any atom is -0.382 e. The molecule has 30 heavy (non-hydrogen) atoms. The molecular formula is C21H16FN7O. The zero-order chi connectivity index (χ0) is 21.3. The summed E-state index contributed by atoms with van der Waals surface area (Å²) in [4.78, 5) is 19.8. The van der Waals surface area contributed by atoms with Gasteiger partial charge in [-0.1, -0.05) is 18.2 Å². The predicted octanol–water partition coefficient (Wildman–Crippen LogP) is 4.62. The monoisotopic (exact) mass is 401 g/mol. The van der Waals surface area contributed by atoms with Gasteiger partial charge < -0.3 is 16.4 Å². The van der Waals surface area contributed by atoms with Crippen molar-refractivity contribution < 1.29 is 9.18 Å². The summed E-state index contributed by atoms with van der Waals surface area (Å²) in [5.41, 5.74) is 9.67. The molecule has 148 valence electrons. The second-order valence-electron chi connectivity index (χ2n) is 6.58. The van der Waals surface area contributed by atoms with Crippen LogP contribution < -0.4 is 16.4 Å². The van der Waals surface area contributed by atoms with Crippen LogP contribution in [-0.4, -0.2) is 20.6 Å². The number of hydrogen-bond acceptors (Lipinski definition) is 4. The van der Waals surface area contributed by atoms with Gasteiger partial charge in [-0.15, -0.1) is 0 Å². The van der Waals surface area contributed by atoms with Gasteiger partial charge in [0, 0.05) is 17.4 Å². The van der Waals surface area contributed by atoms with E-state index >= 15 is 0 Å². The Kier molecular flexibility index (Phi) is 4.74. The third-order valence-electron chi connectivity index (χ3n) is 4.50. The van der Waals surface area contributed by atoms with E-state index in [1.54, 1.807) is 42.6 Å². The van der Waals surface area contributed by atoms with Crippen LogP contribution in [0.3, 0.4) is 0 Å². The maximum absolute atomic E-state index is 13.8. The number of nitrogen functional groups attached to an aromatic ring is 1. The second-order valence-corrected chi connectivity index (χ2v) is 6.58. The van der Waals surface area contributed by atoms with Crippen LogP contribution in [-0.2, 0) is 0 Å². The summed E-state index contributed by atoms with van der Waals surface area (Å²) in [6, 6.07) is 10.8. The first kappa shape index (κ1) is 18.9. The van der Waals surface area contributed by atoms with E-state index in [1.807, 2.05) is 6.92 Å². The first-order valence-corrected chi connectivity index (χ1v) is 8.90. The lowest BCUT2D eigenvalue weighted by Crippen LogP contribution is -2.20. The average molecular weight is 401 g/mol. The van der Waals surface area contributed by atoms with Crippen LogP contribution in [0.5, 0.6) is 0 Å². The number of halogens is 1. The van der Waals surface area contributed by atoms with Crippen LogP contribution in [0.1, 0.15) is 5.56 Å². The number of nitrogens with two attached hydrogens (primary N) is 1. The quantitative estimate of drug-likeness (QED) is 0.436. The molecule has 9 heteroatoms. The molecule has 0 bridgehead atoms. The van der Waals surface area contributed by atoms with Crippen LogP contribution >= 0.6 is 0 Å². The van der Waals surface area contributed by atoms with Gasteiger partial charge in [0.15, 0.2) is 5.82 Å². The van der Waals surface area contributed by atoms with Gasteiger partial charge in [0.1, 0.15) is 17.7 Å². The zero-order valence-electron chi connectivity index (χ0n) is 15.8. The van der Waals surface area contributed by atoms with E-state index in [2.05, 4.69) is 25.6 Å². The standard InChI is InChI=1S/C21H16FN7O/c1-12-3-8-15(22)16(9-12)28-21(30)27-14-6-4-13(5-7-14)18-17(24-2)10-29-19(18)20(23)25-11-26-29/h3-11H,1H3,(H2,23,25,26)(H2,27,28,30). The van der Waals surface area contributed by atoms with Gasteiger partial charge in [0.05, 0.1) is 12.3 Å². The number of nitrogens with zero attached hydrogens (tertiary/aromatic N) is 4. The minimum absolute atomic E-state index is 0.0987. The summed E-state index contributed by atoms with van der Waals surface area (Å²) >= 11 is 0. The van der Waals surface area contributed by atoms with Crippen LogP contribution in [0.25, 0.3) is 21.5 Å². The van der Waals surface area contributed by atoms with Crippen molar-refractivity contribution in [3.8, 4) is 11.1 Å². The Bertz CT molecular complexity index is 1310. The molecule has 2 aromatic heterocycles. The fourth-order valence-corrected chi connectivity index (χ4v) is 3.13. The lowest BCUT2D eigenvalue weighted by molar-refractivity contribution is 0.262. The number of fused-ring (bicyclic) bond motifs is 1. The Morgan fingerprint density at radius 1 is 1.20 bits per heavy atom. The number of rotatable bonds is 3. The van der Waals surface area contributed by atoms with Crippen LogP contribution in [0.4, 0.5) is 32.1 Å². The highest BCUT2D eigenvalue weighted by Gasteiger charge is 2.16. The Morgan fingerprint density at radius 2 is 1.97 bits per heavy atom. The van der Waals surface area contributed by atoms with Crippen molar-refractivity contribution in [2.45, 2.75) is 6.92 Å². The molecule has 0 unspecified atom stereocenters. The van der Waals surface area contributed by atoms with E-state index in [0.717, 1.165) is 11.1 Å². The molecule has 0 saturated carbocycles. The van der Waals surface area contributed by atoms with E-state index in [4.69, 9.17) is 12.3 Å². The number of amides is 2. The largest absolute Gasteiger partial charge is 0.382 e. The van der Waals surface area contributed by atoms with Crippen molar-refractivity contribution in [1.29, 1.82) is 0 Å². The van der Waals surface area contributed by atoms with Gasteiger partial charge >= 0.3 is 6.03 Å². The number of carbonyl (C=O) groups is 1. The van der Waals surface area contributed by atoms with Crippen LogP contribution in [0, 0.1) is 19.3 Å². The number of aromatic nitrogens is 3. The minimum atomic E-state index is -0.568. The third kappa shape index (κ3) is 3.49. The molecule has 0 saturated heterocycles. The fourth-order valence-electron chi connectivity index (χ4n) is 3.13. The molecule has 4 aromatic rings. The topological polar surface area (TPSA) is 102 Å². The van der Waals surface area contributed by atoms with E-state index in [0.29, 0.717) is 22.5 Å². The van der Waals surface area contributed by atoms with Crippen molar-refractivity contribution in [1.82, 2.24) is 14.6 Å². The average Bonchev–Trinajstić information content (AvgIpc) is 3.11. The molecule has 2 heterocycles. The van der Waals surface area contributed by atoms with Gasteiger partial charge in [-0.2, -0.15) is 5.10 Å². The first-order valence-electron chi connectivity index (χ1n) is 8.90. The molecule has 8 nitrogen and oxygen atoms in total. The van der Waals surface area contributed by atoms with Crippen molar-refractivity contribution >= 4 is 34.4 Å². The molecule has 4 rings (SSSR count). The molecule has 0 radical (unpaired) electrons. The van der Waals surface area contributed by atoms with Crippen molar-refractivity contribution in [2.24, 2.45) is 0 Å². The molecule has 0 aliphatic heterocycles. The summed E-state index contributed by atoms with van der Waals surface area (Å²) in [6.07, 6.45) is 2.91. The highest BCUT2D eigenvalue weighted by atomic mass is 19.1. The Hall–Kier alpha value is -4.45. The van der Waals surface area contributed by atoms with E-state index < -0.39 is 11.8 Å². The van der Waals surface area contributed by atoms with E-state index in [1.165, 1.54) is 16.9 Å². The highest BCUT2D eigenvalue weighted by Crippen LogP contribution is 2.37.